The summed E-state index contributed by atoms with van der Waals surface area (Å²) in [5.41, 5.74) is 0. The van der Waals surface area contributed by atoms with Crippen LogP contribution < -0.4 is 5.32 Å². The number of anilines is 1. The predicted octanol–water partition coefficient (Wildman–Crippen LogP) is 1.79. The van der Waals surface area contributed by atoms with E-state index >= 15 is 0 Å². The van der Waals surface area contributed by atoms with Crippen molar-refractivity contribution in [3.63, 3.8) is 0 Å². The molecule has 1 aliphatic carbocycles. The van der Waals surface area contributed by atoms with Crippen LogP contribution in [-0.2, 0) is 10.8 Å². The van der Waals surface area contributed by atoms with Crippen molar-refractivity contribution in [3.05, 3.63) is 5.82 Å². The van der Waals surface area contributed by atoms with Crippen molar-refractivity contribution < 1.29 is 9.00 Å². The van der Waals surface area contributed by atoms with Gasteiger partial charge in [-0.3, -0.25) is 9.53 Å². The number of nitrogens with zero attached hydrogens (tertiary/aromatic N) is 3. The third-order valence-electron chi connectivity index (χ3n) is 3.82. The van der Waals surface area contributed by atoms with Gasteiger partial charge in [0.25, 0.3) is 0 Å². The molecule has 2 heterocycles. The zero-order valence-corrected chi connectivity index (χ0v) is 13.0. The van der Waals surface area contributed by atoms with E-state index in [1.807, 2.05) is 0 Å². The largest absolute Gasteiger partial charge is 0.324 e. The Morgan fingerprint density at radius 2 is 2.05 bits per heavy atom. The lowest BCUT2D eigenvalue weighted by atomic mass is 10.1. The molecule has 20 heavy (non-hydrogen) atoms. The fraction of sp³-hybridized carbons (Fsp3) is 0.750. The van der Waals surface area contributed by atoms with Crippen LogP contribution in [0.4, 0.5) is 9.93 Å². The van der Waals surface area contributed by atoms with Crippen molar-refractivity contribution >= 4 is 33.5 Å². The maximum absolute atomic E-state index is 12.2. The lowest BCUT2D eigenvalue weighted by molar-refractivity contribution is 0.199. The van der Waals surface area contributed by atoms with Crippen molar-refractivity contribution in [2.75, 3.05) is 23.9 Å². The molecule has 6 nitrogen and oxygen atoms in total. The molecule has 0 radical (unpaired) electrons. The van der Waals surface area contributed by atoms with Gasteiger partial charge < -0.3 is 4.90 Å². The summed E-state index contributed by atoms with van der Waals surface area (Å²) in [6.45, 7) is 0. The van der Waals surface area contributed by atoms with Gasteiger partial charge in [0.15, 0.2) is 0 Å². The van der Waals surface area contributed by atoms with Crippen molar-refractivity contribution in [3.8, 4) is 0 Å². The maximum atomic E-state index is 12.2. The van der Waals surface area contributed by atoms with E-state index < -0.39 is 10.8 Å². The quantitative estimate of drug-likeness (QED) is 0.923. The normalized spacial score (nSPS) is 26.2. The molecule has 0 aromatic carbocycles. The first-order valence-corrected chi connectivity index (χ1v) is 9.12. The molecule has 1 aliphatic heterocycles. The molecule has 1 aromatic heterocycles. The Morgan fingerprint density at radius 1 is 1.35 bits per heavy atom. The molecule has 0 spiro atoms. The molecule has 1 saturated heterocycles. The van der Waals surface area contributed by atoms with Gasteiger partial charge in [0.05, 0.1) is 0 Å². The molecule has 1 N–H and O–H groups in total. The second-order valence-corrected chi connectivity index (χ2v) is 7.80. The number of carbonyl (C=O) groups is 1. The number of amides is 2. The highest BCUT2D eigenvalue weighted by Gasteiger charge is 2.29. The first-order chi connectivity index (χ1) is 9.63. The van der Waals surface area contributed by atoms with E-state index in [1.54, 1.807) is 11.9 Å². The molecule has 2 amide bonds. The maximum Gasteiger partial charge on any atom is 0.323 e. The van der Waals surface area contributed by atoms with Crippen molar-refractivity contribution in [1.82, 2.24) is 14.3 Å². The van der Waals surface area contributed by atoms with Crippen LogP contribution in [0.15, 0.2) is 0 Å². The van der Waals surface area contributed by atoms with Gasteiger partial charge in [0.2, 0.25) is 5.13 Å². The minimum Gasteiger partial charge on any atom is -0.324 e. The summed E-state index contributed by atoms with van der Waals surface area (Å²) in [4.78, 5) is 18.2. The summed E-state index contributed by atoms with van der Waals surface area (Å²) in [5.74, 6) is 2.74. The predicted molar refractivity (Wildman–Crippen MR) is 79.6 cm³/mol. The van der Waals surface area contributed by atoms with Crippen LogP contribution in [0.5, 0.6) is 0 Å². The zero-order valence-electron chi connectivity index (χ0n) is 11.4. The van der Waals surface area contributed by atoms with Gasteiger partial charge in [-0.2, -0.15) is 4.37 Å². The van der Waals surface area contributed by atoms with E-state index in [-0.39, 0.29) is 12.1 Å². The number of nitrogens with one attached hydrogen (secondary N) is 1. The van der Waals surface area contributed by atoms with E-state index in [0.717, 1.165) is 31.5 Å². The highest BCUT2D eigenvalue weighted by molar-refractivity contribution is 7.85. The molecular formula is C12H18N4O2S2. The highest BCUT2D eigenvalue weighted by Crippen LogP contribution is 2.39. The van der Waals surface area contributed by atoms with Crippen molar-refractivity contribution in [2.24, 2.45) is 0 Å². The van der Waals surface area contributed by atoms with E-state index in [4.69, 9.17) is 0 Å². The van der Waals surface area contributed by atoms with Crippen LogP contribution in [0, 0.1) is 0 Å². The second-order valence-electron chi connectivity index (χ2n) is 5.35. The summed E-state index contributed by atoms with van der Waals surface area (Å²) >= 11 is 1.24. The number of aromatic nitrogens is 2. The SMILES string of the molecule is CN(C(=O)Nc1nc(C2CC2)ns1)C1CCS(=O)CC1. The van der Waals surface area contributed by atoms with Crippen LogP contribution in [0.3, 0.4) is 0 Å². The lowest BCUT2D eigenvalue weighted by Gasteiger charge is -2.30. The zero-order chi connectivity index (χ0) is 14.1. The molecule has 2 aliphatic rings. The minimum absolute atomic E-state index is 0.152. The van der Waals surface area contributed by atoms with Gasteiger partial charge in [-0.15, -0.1) is 0 Å². The first kappa shape index (κ1) is 13.9. The first-order valence-electron chi connectivity index (χ1n) is 6.86. The molecule has 0 unspecified atom stereocenters. The number of carbonyl (C=O) groups excluding carboxylic acids is 1. The Labute approximate surface area is 124 Å². The molecular weight excluding hydrogens is 296 g/mol. The van der Waals surface area contributed by atoms with Gasteiger partial charge >= 0.3 is 6.03 Å². The van der Waals surface area contributed by atoms with Crippen molar-refractivity contribution in [1.29, 1.82) is 0 Å². The van der Waals surface area contributed by atoms with E-state index in [2.05, 4.69) is 14.7 Å². The number of hydrogen-bond acceptors (Lipinski definition) is 5. The Bertz CT molecular complexity index is 519. The molecule has 110 valence electrons. The second kappa shape index (κ2) is 5.77. The van der Waals surface area contributed by atoms with Gasteiger partial charge in [0.1, 0.15) is 5.82 Å². The van der Waals surface area contributed by atoms with Crippen LogP contribution in [0.1, 0.15) is 37.4 Å². The van der Waals surface area contributed by atoms with Crippen LogP contribution in [0.2, 0.25) is 0 Å². The fourth-order valence-electron chi connectivity index (χ4n) is 2.31. The topological polar surface area (TPSA) is 75.2 Å². The summed E-state index contributed by atoms with van der Waals surface area (Å²) in [5, 5.41) is 3.38. The Morgan fingerprint density at radius 3 is 2.70 bits per heavy atom. The summed E-state index contributed by atoms with van der Waals surface area (Å²) in [6, 6.07) is 0.0182. The average Bonchev–Trinajstić information content (AvgIpc) is 3.20. The average molecular weight is 314 g/mol. The number of urea groups is 1. The van der Waals surface area contributed by atoms with Crippen molar-refractivity contribution in [2.45, 2.75) is 37.6 Å². The molecule has 0 atom stereocenters. The van der Waals surface area contributed by atoms with Gasteiger partial charge in [-0.25, -0.2) is 9.78 Å². The van der Waals surface area contributed by atoms with Gasteiger partial charge in [-0.1, -0.05) is 0 Å². The Kier molecular flexibility index (Phi) is 4.02. The van der Waals surface area contributed by atoms with E-state index in [0.29, 0.717) is 22.6 Å². The van der Waals surface area contributed by atoms with Crippen LogP contribution in [-0.4, -0.2) is 49.1 Å². The third kappa shape index (κ3) is 3.17. The van der Waals surface area contributed by atoms with Gasteiger partial charge in [-0.05, 0) is 25.7 Å². The molecule has 8 heteroatoms. The Balaban J connectivity index is 1.55. The lowest BCUT2D eigenvalue weighted by Crippen LogP contribution is -2.43. The standard InChI is InChI=1S/C12H18N4O2S2/c1-16(9-4-6-20(18)7-5-9)12(17)14-11-13-10(15-19-11)8-2-3-8/h8-9H,2-7H2,1H3,(H,13,14,15,17). The minimum atomic E-state index is -0.702. The van der Waals surface area contributed by atoms with Gasteiger partial charge in [0, 0.05) is 52.8 Å². The number of hydrogen-bond donors (Lipinski definition) is 1. The highest BCUT2D eigenvalue weighted by atomic mass is 32.2. The summed E-state index contributed by atoms with van der Waals surface area (Å²) in [7, 11) is 1.09. The smallest absolute Gasteiger partial charge is 0.323 e. The monoisotopic (exact) mass is 314 g/mol. The van der Waals surface area contributed by atoms with Crippen LogP contribution >= 0.6 is 11.5 Å². The fourth-order valence-corrected chi connectivity index (χ4v) is 4.22. The summed E-state index contributed by atoms with van der Waals surface area (Å²) in [6.07, 6.45) is 3.92. The molecule has 3 rings (SSSR count). The molecule has 1 aromatic rings. The third-order valence-corrected chi connectivity index (χ3v) is 5.85. The van der Waals surface area contributed by atoms with E-state index in [9.17, 15) is 9.00 Å². The van der Waals surface area contributed by atoms with E-state index in [1.165, 1.54) is 11.5 Å². The molecule has 2 fully saturated rings. The summed E-state index contributed by atoms with van der Waals surface area (Å²) < 4.78 is 15.6. The number of rotatable bonds is 3. The molecule has 1 saturated carbocycles. The Hall–Kier alpha value is -1.02. The van der Waals surface area contributed by atoms with Crippen LogP contribution in [0.25, 0.3) is 0 Å². The molecule has 0 bridgehead atoms.